The van der Waals surface area contributed by atoms with Gasteiger partial charge in [0.2, 0.25) is 11.1 Å². The summed E-state index contributed by atoms with van der Waals surface area (Å²) in [6.45, 7) is 0. The second kappa shape index (κ2) is 3.99. The minimum atomic E-state index is 0.115. The molecule has 0 unspecified atom stereocenters. The van der Waals surface area contributed by atoms with Gasteiger partial charge in [0.1, 0.15) is 0 Å². The molecule has 0 spiro atoms. The fraction of sp³-hybridized carbons (Fsp3) is 0. The van der Waals surface area contributed by atoms with Crippen LogP contribution in [0.15, 0.2) is 41.3 Å². The Labute approximate surface area is 101 Å². The van der Waals surface area contributed by atoms with Crippen LogP contribution in [0.5, 0.6) is 0 Å². The van der Waals surface area contributed by atoms with Crippen molar-refractivity contribution in [3.05, 3.63) is 42.1 Å². The molecule has 0 fully saturated rings. The summed E-state index contributed by atoms with van der Waals surface area (Å²) in [6.07, 6.45) is 4.78. The lowest BCUT2D eigenvalue weighted by atomic mass is 10.4. The molecule has 0 bridgehead atoms. The SMILES string of the molecule is Clc1nc(-c2ccco2)n(-c2ncccn2)n1. The molecule has 0 N–H and O–H groups in total. The maximum atomic E-state index is 5.79. The first-order valence-electron chi connectivity index (χ1n) is 4.78. The van der Waals surface area contributed by atoms with Crippen molar-refractivity contribution in [2.45, 2.75) is 0 Å². The Bertz CT molecular complexity index is 619. The van der Waals surface area contributed by atoms with Crippen LogP contribution in [0.3, 0.4) is 0 Å². The molecule has 0 radical (unpaired) electrons. The van der Waals surface area contributed by atoms with Gasteiger partial charge in [-0.05, 0) is 29.8 Å². The zero-order valence-corrected chi connectivity index (χ0v) is 9.24. The lowest BCUT2D eigenvalue weighted by Gasteiger charge is -2.00. The summed E-state index contributed by atoms with van der Waals surface area (Å²) < 4.78 is 6.69. The maximum Gasteiger partial charge on any atom is 0.252 e. The van der Waals surface area contributed by atoms with Gasteiger partial charge in [-0.2, -0.15) is 9.67 Å². The first kappa shape index (κ1) is 9.98. The van der Waals surface area contributed by atoms with Crippen molar-refractivity contribution < 1.29 is 4.42 Å². The Hall–Kier alpha value is -2.21. The summed E-state index contributed by atoms with van der Waals surface area (Å²) in [5.74, 6) is 1.40. The molecule has 3 aromatic heterocycles. The summed E-state index contributed by atoms with van der Waals surface area (Å²) in [7, 11) is 0. The second-order valence-electron chi connectivity index (χ2n) is 3.14. The van der Waals surface area contributed by atoms with Crippen molar-refractivity contribution in [2.75, 3.05) is 0 Å². The highest BCUT2D eigenvalue weighted by Crippen LogP contribution is 2.21. The molecule has 3 rings (SSSR count). The first-order valence-corrected chi connectivity index (χ1v) is 5.16. The fourth-order valence-corrected chi connectivity index (χ4v) is 1.55. The molecule has 0 amide bonds. The van der Waals surface area contributed by atoms with Crippen LogP contribution in [0, 0.1) is 0 Å². The molecule has 0 aromatic carbocycles. The minimum absolute atomic E-state index is 0.115. The van der Waals surface area contributed by atoms with Crippen molar-refractivity contribution >= 4 is 11.6 Å². The summed E-state index contributed by atoms with van der Waals surface area (Å²) in [5.41, 5.74) is 0. The number of furan rings is 1. The average molecular weight is 248 g/mol. The van der Waals surface area contributed by atoms with Crippen molar-refractivity contribution in [1.29, 1.82) is 0 Å². The van der Waals surface area contributed by atoms with Crippen LogP contribution >= 0.6 is 11.6 Å². The zero-order chi connectivity index (χ0) is 11.7. The highest BCUT2D eigenvalue weighted by Gasteiger charge is 2.15. The van der Waals surface area contributed by atoms with E-state index in [1.807, 2.05) is 0 Å². The topological polar surface area (TPSA) is 69.6 Å². The molecule has 84 valence electrons. The molecule has 6 nitrogen and oxygen atoms in total. The molecule has 0 atom stereocenters. The van der Waals surface area contributed by atoms with E-state index in [0.717, 1.165) is 0 Å². The Morgan fingerprint density at radius 2 is 2.00 bits per heavy atom. The molecule has 0 saturated carbocycles. The van der Waals surface area contributed by atoms with Gasteiger partial charge in [-0.1, -0.05) is 0 Å². The summed E-state index contributed by atoms with van der Waals surface area (Å²) in [4.78, 5) is 12.2. The van der Waals surface area contributed by atoms with Gasteiger partial charge in [-0.25, -0.2) is 9.97 Å². The Balaban J connectivity index is 2.18. The third-order valence-corrected chi connectivity index (χ3v) is 2.22. The Kier molecular flexibility index (Phi) is 2.34. The molecule has 3 aromatic rings. The van der Waals surface area contributed by atoms with Crippen LogP contribution < -0.4 is 0 Å². The van der Waals surface area contributed by atoms with Crippen LogP contribution in [0.1, 0.15) is 0 Å². The van der Waals surface area contributed by atoms with Gasteiger partial charge < -0.3 is 4.42 Å². The van der Waals surface area contributed by atoms with E-state index >= 15 is 0 Å². The molecule has 17 heavy (non-hydrogen) atoms. The molecule has 0 aliphatic carbocycles. The van der Waals surface area contributed by atoms with Crippen molar-refractivity contribution in [3.8, 4) is 17.5 Å². The van der Waals surface area contributed by atoms with E-state index in [1.54, 1.807) is 36.9 Å². The quantitative estimate of drug-likeness (QED) is 0.692. The Morgan fingerprint density at radius 1 is 1.18 bits per heavy atom. The van der Waals surface area contributed by atoms with Crippen LogP contribution in [0.4, 0.5) is 0 Å². The van der Waals surface area contributed by atoms with E-state index in [1.165, 1.54) is 4.68 Å². The van der Waals surface area contributed by atoms with E-state index in [9.17, 15) is 0 Å². The van der Waals surface area contributed by atoms with Crippen molar-refractivity contribution in [3.63, 3.8) is 0 Å². The van der Waals surface area contributed by atoms with Crippen molar-refractivity contribution in [1.82, 2.24) is 24.7 Å². The first-order chi connectivity index (χ1) is 8.34. The lowest BCUT2D eigenvalue weighted by molar-refractivity contribution is 0.573. The number of hydrogen-bond acceptors (Lipinski definition) is 5. The second-order valence-corrected chi connectivity index (χ2v) is 3.48. The van der Waals surface area contributed by atoms with Gasteiger partial charge in [0, 0.05) is 12.4 Å². The normalized spacial score (nSPS) is 10.6. The molecule has 7 heteroatoms. The molecular formula is C10H6ClN5O. The third-order valence-electron chi connectivity index (χ3n) is 2.06. The summed E-state index contributed by atoms with van der Waals surface area (Å²) in [5, 5.41) is 4.14. The van der Waals surface area contributed by atoms with Gasteiger partial charge in [0.15, 0.2) is 5.76 Å². The van der Waals surface area contributed by atoms with Crippen molar-refractivity contribution in [2.24, 2.45) is 0 Å². The van der Waals surface area contributed by atoms with Crippen LogP contribution in [-0.4, -0.2) is 24.7 Å². The van der Waals surface area contributed by atoms with Gasteiger partial charge in [-0.3, -0.25) is 0 Å². The van der Waals surface area contributed by atoms with E-state index in [4.69, 9.17) is 16.0 Å². The van der Waals surface area contributed by atoms with Crippen LogP contribution in [0.2, 0.25) is 5.28 Å². The van der Waals surface area contributed by atoms with Gasteiger partial charge >= 0.3 is 0 Å². The third kappa shape index (κ3) is 1.78. The minimum Gasteiger partial charge on any atom is -0.461 e. The van der Waals surface area contributed by atoms with Crippen LogP contribution in [0.25, 0.3) is 17.5 Å². The zero-order valence-electron chi connectivity index (χ0n) is 8.49. The van der Waals surface area contributed by atoms with E-state index in [2.05, 4.69) is 20.1 Å². The molecule has 0 aliphatic heterocycles. The number of hydrogen-bond donors (Lipinski definition) is 0. The maximum absolute atomic E-state index is 5.79. The lowest BCUT2D eigenvalue weighted by Crippen LogP contribution is -2.03. The van der Waals surface area contributed by atoms with Gasteiger partial charge in [-0.15, -0.1) is 5.10 Å². The van der Waals surface area contributed by atoms with Gasteiger partial charge in [0.25, 0.3) is 5.95 Å². The largest absolute Gasteiger partial charge is 0.461 e. The summed E-state index contributed by atoms with van der Waals surface area (Å²) in [6, 6.07) is 5.24. The number of rotatable bonds is 2. The smallest absolute Gasteiger partial charge is 0.252 e. The average Bonchev–Trinajstić information content (AvgIpc) is 2.98. The van der Waals surface area contributed by atoms with Gasteiger partial charge in [0.05, 0.1) is 6.26 Å². The molecule has 0 aliphatic rings. The number of nitrogens with zero attached hydrogens (tertiary/aromatic N) is 5. The highest BCUT2D eigenvalue weighted by atomic mass is 35.5. The van der Waals surface area contributed by atoms with E-state index < -0.39 is 0 Å². The number of halogens is 1. The monoisotopic (exact) mass is 247 g/mol. The van der Waals surface area contributed by atoms with Crippen LogP contribution in [-0.2, 0) is 0 Å². The molecule has 0 saturated heterocycles. The summed E-state index contributed by atoms with van der Waals surface area (Å²) >= 11 is 5.79. The fourth-order valence-electron chi connectivity index (χ4n) is 1.39. The molecule has 3 heterocycles. The highest BCUT2D eigenvalue weighted by molar-refractivity contribution is 6.28. The predicted octanol–water partition coefficient (Wildman–Crippen LogP) is 1.97. The number of aromatic nitrogens is 5. The van der Waals surface area contributed by atoms with E-state index in [-0.39, 0.29) is 5.28 Å². The standard InChI is InChI=1S/C10H6ClN5O/c11-9-14-8(7-3-1-6-17-7)16(15-9)10-12-4-2-5-13-10/h1-6H. The predicted molar refractivity (Wildman–Crippen MR) is 59.7 cm³/mol. The molecular weight excluding hydrogens is 242 g/mol. The van der Waals surface area contributed by atoms with E-state index in [0.29, 0.717) is 17.5 Å². The Morgan fingerprint density at radius 3 is 2.71 bits per heavy atom.